The van der Waals surface area contributed by atoms with Crippen molar-refractivity contribution in [3.05, 3.63) is 29.8 Å². The topological polar surface area (TPSA) is 115 Å². The molecule has 1 aromatic carbocycles. The van der Waals surface area contributed by atoms with Gasteiger partial charge in [0.05, 0.1) is 0 Å². The zero-order valence-corrected chi connectivity index (χ0v) is 14.1. The predicted octanol–water partition coefficient (Wildman–Crippen LogP) is 2.55. The maximum absolute atomic E-state index is 5.82. The van der Waals surface area contributed by atoms with Crippen LogP contribution in [0.4, 0.5) is 5.69 Å². The van der Waals surface area contributed by atoms with E-state index in [1.54, 1.807) is 0 Å². The van der Waals surface area contributed by atoms with Crippen LogP contribution in [0.15, 0.2) is 34.3 Å². The molecule has 1 aromatic rings. The van der Waals surface area contributed by atoms with Crippen molar-refractivity contribution in [2.24, 2.45) is 27.2 Å². The Balaban J connectivity index is 2.32. The van der Waals surface area contributed by atoms with Gasteiger partial charge in [-0.25, -0.2) is 0 Å². The van der Waals surface area contributed by atoms with Crippen LogP contribution in [0.5, 0.6) is 0 Å². The number of guanidine groups is 2. The maximum Gasteiger partial charge on any atom is 0.218 e. The molecule has 0 aromatic heterocycles. The predicted molar refractivity (Wildman–Crippen MR) is 99.4 cm³/mol. The van der Waals surface area contributed by atoms with Crippen molar-refractivity contribution in [3.8, 4) is 0 Å². The molecule has 6 nitrogen and oxygen atoms in total. The molecule has 0 saturated carbocycles. The number of aliphatic imine (C=N–C) groups is 2. The Labute approximate surface area is 139 Å². The molecule has 0 fully saturated rings. The zero-order valence-electron chi connectivity index (χ0n) is 14.1. The highest BCUT2D eigenvalue weighted by Gasteiger charge is 1.97. The van der Waals surface area contributed by atoms with Crippen molar-refractivity contribution >= 4 is 17.6 Å². The van der Waals surface area contributed by atoms with E-state index in [-0.39, 0.29) is 11.9 Å². The monoisotopic (exact) mass is 318 g/mol. The van der Waals surface area contributed by atoms with E-state index in [4.69, 9.17) is 17.2 Å². The summed E-state index contributed by atoms with van der Waals surface area (Å²) in [6, 6.07) is 7.67. The molecule has 0 aliphatic carbocycles. The summed E-state index contributed by atoms with van der Waals surface area (Å²) >= 11 is 0. The fourth-order valence-corrected chi connectivity index (χ4v) is 2.14. The summed E-state index contributed by atoms with van der Waals surface area (Å²) in [5.74, 6) is 0.442. The number of hydrogen-bond acceptors (Lipinski definition) is 2. The third-order valence-corrected chi connectivity index (χ3v) is 3.48. The Morgan fingerprint density at radius 1 is 1.00 bits per heavy atom. The van der Waals surface area contributed by atoms with Gasteiger partial charge in [-0.05, 0) is 24.1 Å². The van der Waals surface area contributed by atoms with Gasteiger partial charge in [0.1, 0.15) is 0 Å². The molecule has 7 N–H and O–H groups in total. The molecule has 23 heavy (non-hydrogen) atoms. The number of unbranched alkanes of at least 4 members (excludes halogenated alkanes) is 5. The molecule has 0 aliphatic rings. The standard InChI is InChI=1S/C17H30N6/c1-2-3-4-5-6-7-12-21-16(19)23-17(20)22-15-10-8-14(13-18)9-11-15/h8-11H,2-7,12-13,18H2,1H3,(H5,19,20,21,22,23). The summed E-state index contributed by atoms with van der Waals surface area (Å²) in [6.07, 6.45) is 7.35. The van der Waals surface area contributed by atoms with Crippen molar-refractivity contribution in [2.75, 3.05) is 11.9 Å². The third-order valence-electron chi connectivity index (χ3n) is 3.48. The summed E-state index contributed by atoms with van der Waals surface area (Å²) in [6.45, 7) is 3.43. The van der Waals surface area contributed by atoms with E-state index in [2.05, 4.69) is 22.2 Å². The van der Waals surface area contributed by atoms with Gasteiger partial charge in [0.25, 0.3) is 0 Å². The lowest BCUT2D eigenvalue weighted by Crippen LogP contribution is -2.26. The fourth-order valence-electron chi connectivity index (χ4n) is 2.14. The molecular weight excluding hydrogens is 288 g/mol. The molecule has 0 spiro atoms. The smallest absolute Gasteiger partial charge is 0.218 e. The molecule has 128 valence electrons. The zero-order chi connectivity index (χ0) is 16.9. The van der Waals surface area contributed by atoms with E-state index < -0.39 is 0 Å². The molecule has 0 aliphatic heterocycles. The summed E-state index contributed by atoms with van der Waals surface area (Å²) in [7, 11) is 0. The van der Waals surface area contributed by atoms with Crippen LogP contribution in [0.1, 0.15) is 51.0 Å². The van der Waals surface area contributed by atoms with Gasteiger partial charge in [0.2, 0.25) is 11.9 Å². The number of nitrogens with one attached hydrogen (secondary N) is 1. The molecular formula is C17H30N6. The van der Waals surface area contributed by atoms with Crippen molar-refractivity contribution in [3.63, 3.8) is 0 Å². The number of nitrogens with two attached hydrogens (primary N) is 3. The fraction of sp³-hybridized carbons (Fsp3) is 0.529. The van der Waals surface area contributed by atoms with Crippen LogP contribution in [0.2, 0.25) is 0 Å². The van der Waals surface area contributed by atoms with E-state index in [1.807, 2.05) is 24.3 Å². The van der Waals surface area contributed by atoms with Crippen LogP contribution < -0.4 is 22.5 Å². The van der Waals surface area contributed by atoms with Crippen LogP contribution in [0.25, 0.3) is 0 Å². The Hall–Kier alpha value is -2.08. The minimum absolute atomic E-state index is 0.210. The van der Waals surface area contributed by atoms with Gasteiger partial charge < -0.3 is 22.5 Å². The van der Waals surface area contributed by atoms with Gasteiger partial charge in [-0.1, -0.05) is 51.2 Å². The first-order valence-electron chi connectivity index (χ1n) is 8.35. The Morgan fingerprint density at radius 3 is 2.30 bits per heavy atom. The van der Waals surface area contributed by atoms with E-state index in [0.717, 1.165) is 17.7 Å². The van der Waals surface area contributed by atoms with E-state index in [9.17, 15) is 0 Å². The second-order valence-electron chi connectivity index (χ2n) is 5.53. The van der Waals surface area contributed by atoms with Gasteiger partial charge in [-0.3, -0.25) is 4.99 Å². The van der Waals surface area contributed by atoms with Gasteiger partial charge in [-0.15, -0.1) is 0 Å². The number of nitrogens with zero attached hydrogens (tertiary/aromatic N) is 2. The number of anilines is 1. The molecule has 6 heteroatoms. The van der Waals surface area contributed by atoms with Gasteiger partial charge in [0.15, 0.2) is 0 Å². The lowest BCUT2D eigenvalue weighted by molar-refractivity contribution is 0.612. The number of hydrogen-bond donors (Lipinski definition) is 4. The highest BCUT2D eigenvalue weighted by atomic mass is 15.2. The average molecular weight is 318 g/mol. The quantitative estimate of drug-likeness (QED) is 0.318. The Bertz CT molecular complexity index is 492. The third kappa shape index (κ3) is 8.83. The minimum Gasteiger partial charge on any atom is -0.369 e. The SMILES string of the molecule is CCCCCCCCN=C(N)N=C(N)Nc1ccc(CN)cc1. The van der Waals surface area contributed by atoms with Crippen LogP contribution in [0, 0.1) is 0 Å². The van der Waals surface area contributed by atoms with Crippen LogP contribution in [0.3, 0.4) is 0 Å². The van der Waals surface area contributed by atoms with Crippen LogP contribution in [-0.4, -0.2) is 18.5 Å². The first kappa shape index (κ1) is 19.0. The highest BCUT2D eigenvalue weighted by Crippen LogP contribution is 2.08. The maximum atomic E-state index is 5.82. The second-order valence-corrected chi connectivity index (χ2v) is 5.53. The number of benzene rings is 1. The van der Waals surface area contributed by atoms with Crippen molar-refractivity contribution in [2.45, 2.75) is 52.0 Å². The molecule has 0 amide bonds. The van der Waals surface area contributed by atoms with Crippen molar-refractivity contribution in [1.29, 1.82) is 0 Å². The van der Waals surface area contributed by atoms with Gasteiger partial charge in [-0.2, -0.15) is 4.99 Å². The number of rotatable bonds is 9. The van der Waals surface area contributed by atoms with Crippen molar-refractivity contribution in [1.82, 2.24) is 0 Å². The molecule has 0 atom stereocenters. The summed E-state index contributed by atoms with van der Waals surface area (Å²) in [5.41, 5.74) is 19.0. The van der Waals surface area contributed by atoms with Gasteiger partial charge >= 0.3 is 0 Å². The lowest BCUT2D eigenvalue weighted by Gasteiger charge is -2.06. The Morgan fingerprint density at radius 2 is 1.65 bits per heavy atom. The molecule has 0 bridgehead atoms. The normalized spacial score (nSPS) is 12.4. The van der Waals surface area contributed by atoms with Crippen LogP contribution >= 0.6 is 0 Å². The first-order chi connectivity index (χ1) is 11.2. The van der Waals surface area contributed by atoms with E-state index in [1.165, 1.54) is 32.1 Å². The van der Waals surface area contributed by atoms with Crippen molar-refractivity contribution < 1.29 is 0 Å². The highest BCUT2D eigenvalue weighted by molar-refractivity contribution is 6.00. The van der Waals surface area contributed by atoms with Gasteiger partial charge in [0, 0.05) is 18.8 Å². The molecule has 0 saturated heterocycles. The average Bonchev–Trinajstić information content (AvgIpc) is 2.54. The van der Waals surface area contributed by atoms with E-state index >= 15 is 0 Å². The molecule has 0 unspecified atom stereocenters. The largest absolute Gasteiger partial charge is 0.369 e. The summed E-state index contributed by atoms with van der Waals surface area (Å²) in [5, 5.41) is 2.97. The van der Waals surface area contributed by atoms with E-state index in [0.29, 0.717) is 13.1 Å². The summed E-state index contributed by atoms with van der Waals surface area (Å²) in [4.78, 5) is 8.27. The molecule has 0 radical (unpaired) electrons. The lowest BCUT2D eigenvalue weighted by atomic mass is 10.1. The first-order valence-corrected chi connectivity index (χ1v) is 8.35. The Kier molecular flexibility index (Phi) is 9.47. The second kappa shape index (κ2) is 11.5. The minimum atomic E-state index is 0.210. The van der Waals surface area contributed by atoms with Crippen LogP contribution in [-0.2, 0) is 6.54 Å². The molecule has 0 heterocycles. The molecule has 1 rings (SSSR count). The summed E-state index contributed by atoms with van der Waals surface area (Å²) < 4.78 is 0.